The zero-order chi connectivity index (χ0) is 21.5. The van der Waals surface area contributed by atoms with Gasteiger partial charge in [0.05, 0.1) is 28.2 Å². The van der Waals surface area contributed by atoms with Crippen molar-refractivity contribution in [2.75, 3.05) is 36.0 Å². The van der Waals surface area contributed by atoms with E-state index in [1.54, 1.807) is 17.0 Å². The average Bonchev–Trinajstić information content (AvgIpc) is 3.36. The summed E-state index contributed by atoms with van der Waals surface area (Å²) in [7, 11) is 0. The van der Waals surface area contributed by atoms with Gasteiger partial charge in [-0.3, -0.25) is 14.5 Å². The van der Waals surface area contributed by atoms with Crippen molar-refractivity contribution < 1.29 is 0 Å². The summed E-state index contributed by atoms with van der Waals surface area (Å²) in [6.07, 6.45) is 5.15. The number of pyridine rings is 2. The molecule has 9 heteroatoms. The predicted molar refractivity (Wildman–Crippen MR) is 123 cm³/mol. The van der Waals surface area contributed by atoms with Crippen molar-refractivity contribution in [2.24, 2.45) is 0 Å². The Bertz CT molecular complexity index is 1450. The van der Waals surface area contributed by atoms with Crippen LogP contribution in [0.2, 0.25) is 0 Å². The molecule has 0 saturated carbocycles. The van der Waals surface area contributed by atoms with Gasteiger partial charge >= 0.3 is 0 Å². The summed E-state index contributed by atoms with van der Waals surface area (Å²) in [4.78, 5) is 31.7. The summed E-state index contributed by atoms with van der Waals surface area (Å²) >= 11 is 0. The summed E-state index contributed by atoms with van der Waals surface area (Å²) in [5.74, 6) is 1.59. The molecule has 1 saturated heterocycles. The second kappa shape index (κ2) is 7.45. The van der Waals surface area contributed by atoms with E-state index in [9.17, 15) is 4.79 Å². The number of aromatic amines is 1. The maximum atomic E-state index is 13.3. The molecule has 0 aliphatic carbocycles. The molecule has 0 unspecified atom stereocenters. The Hall–Kier alpha value is -4.27. The van der Waals surface area contributed by atoms with Crippen LogP contribution in [0.25, 0.3) is 27.6 Å². The second-order valence-corrected chi connectivity index (χ2v) is 7.70. The molecule has 0 spiro atoms. The fraction of sp³-hybridized carbons (Fsp3) is 0.174. The minimum absolute atomic E-state index is 0.155. The van der Waals surface area contributed by atoms with Crippen LogP contribution in [0, 0.1) is 0 Å². The fourth-order valence-electron chi connectivity index (χ4n) is 4.23. The molecule has 0 amide bonds. The normalized spacial score (nSPS) is 14.4. The number of anilines is 2. The number of nitrogens with one attached hydrogen (secondary N) is 1. The number of H-pyrrole nitrogens is 1. The van der Waals surface area contributed by atoms with Gasteiger partial charge < -0.3 is 9.80 Å². The Morgan fingerprint density at radius 2 is 1.59 bits per heavy atom. The Morgan fingerprint density at radius 3 is 2.38 bits per heavy atom. The van der Waals surface area contributed by atoms with Crippen molar-refractivity contribution in [3.8, 4) is 5.69 Å². The van der Waals surface area contributed by atoms with Crippen molar-refractivity contribution >= 4 is 33.7 Å². The second-order valence-electron chi connectivity index (χ2n) is 7.70. The highest BCUT2D eigenvalue weighted by molar-refractivity contribution is 6.02. The molecule has 5 heterocycles. The van der Waals surface area contributed by atoms with E-state index in [-0.39, 0.29) is 5.56 Å². The molecule has 5 aromatic rings. The molecule has 1 N–H and O–H groups in total. The van der Waals surface area contributed by atoms with Crippen LogP contribution in [-0.2, 0) is 0 Å². The maximum absolute atomic E-state index is 13.3. The van der Waals surface area contributed by atoms with Crippen LogP contribution in [-0.4, -0.2) is 55.9 Å². The van der Waals surface area contributed by atoms with Gasteiger partial charge in [0, 0.05) is 38.6 Å². The first-order valence-electron chi connectivity index (χ1n) is 10.5. The average molecular weight is 424 g/mol. The summed E-state index contributed by atoms with van der Waals surface area (Å²) in [5, 5.41) is 8.29. The zero-order valence-electron chi connectivity index (χ0n) is 17.2. The van der Waals surface area contributed by atoms with Crippen LogP contribution in [0.5, 0.6) is 0 Å². The van der Waals surface area contributed by atoms with E-state index in [1.165, 1.54) is 0 Å². The van der Waals surface area contributed by atoms with Gasteiger partial charge in [-0.1, -0.05) is 24.3 Å². The minimum atomic E-state index is -0.155. The first kappa shape index (κ1) is 18.5. The number of nitrogens with zero attached hydrogens (tertiary/aromatic N) is 7. The molecule has 6 rings (SSSR count). The number of rotatable bonds is 3. The SMILES string of the molecule is O=c1c2cn[nH]c2c2cnc(N3CCN(c4ccccn4)CC3)nc2n1-c1ccccc1. The lowest BCUT2D eigenvalue weighted by molar-refractivity contribution is 0.635. The highest BCUT2D eigenvalue weighted by Gasteiger charge is 2.22. The molecule has 0 atom stereocenters. The van der Waals surface area contributed by atoms with Crippen molar-refractivity contribution in [3.05, 3.63) is 77.5 Å². The fourth-order valence-corrected chi connectivity index (χ4v) is 4.23. The van der Waals surface area contributed by atoms with E-state index >= 15 is 0 Å². The highest BCUT2D eigenvalue weighted by Crippen LogP contribution is 2.24. The molecule has 32 heavy (non-hydrogen) atoms. The number of para-hydroxylation sites is 1. The van der Waals surface area contributed by atoms with Crippen LogP contribution in [0.15, 0.2) is 71.9 Å². The van der Waals surface area contributed by atoms with Crippen LogP contribution < -0.4 is 15.4 Å². The third kappa shape index (κ3) is 2.97. The van der Waals surface area contributed by atoms with Gasteiger partial charge in [0.2, 0.25) is 5.95 Å². The molecule has 1 fully saturated rings. The first-order valence-corrected chi connectivity index (χ1v) is 10.5. The molecule has 0 bridgehead atoms. The number of hydrogen-bond donors (Lipinski definition) is 1. The van der Waals surface area contributed by atoms with Gasteiger partial charge in [0.25, 0.3) is 5.56 Å². The Labute approximate surface area is 183 Å². The van der Waals surface area contributed by atoms with E-state index < -0.39 is 0 Å². The summed E-state index contributed by atoms with van der Waals surface area (Å²) in [6, 6.07) is 15.5. The molecule has 1 aliphatic heterocycles. The van der Waals surface area contributed by atoms with Gasteiger partial charge in [0.1, 0.15) is 5.82 Å². The molecule has 0 radical (unpaired) electrons. The highest BCUT2D eigenvalue weighted by atomic mass is 16.1. The monoisotopic (exact) mass is 424 g/mol. The molecule has 9 nitrogen and oxygen atoms in total. The smallest absolute Gasteiger partial charge is 0.267 e. The zero-order valence-corrected chi connectivity index (χ0v) is 17.2. The molecular formula is C23H20N8O. The van der Waals surface area contributed by atoms with Gasteiger partial charge in [-0.15, -0.1) is 0 Å². The molecule has 4 aromatic heterocycles. The van der Waals surface area contributed by atoms with E-state index in [0.717, 1.165) is 43.1 Å². The van der Waals surface area contributed by atoms with Crippen molar-refractivity contribution in [1.82, 2.24) is 29.7 Å². The number of benzene rings is 1. The van der Waals surface area contributed by atoms with E-state index in [1.807, 2.05) is 54.7 Å². The molecule has 158 valence electrons. The van der Waals surface area contributed by atoms with Gasteiger partial charge in [0.15, 0.2) is 5.65 Å². The van der Waals surface area contributed by atoms with Crippen molar-refractivity contribution in [2.45, 2.75) is 0 Å². The lowest BCUT2D eigenvalue weighted by Crippen LogP contribution is -2.47. The lowest BCUT2D eigenvalue weighted by atomic mass is 10.2. The maximum Gasteiger partial charge on any atom is 0.267 e. The standard InChI is InChI=1S/C23H20N8O/c32-22-18-15-26-28-20(18)17-14-25-23(27-21(17)31(22)16-6-2-1-3-7-16)30-12-10-29(11-13-30)19-8-4-5-9-24-19/h1-9,14-15H,10-13H2,(H,26,28). The van der Waals surface area contributed by atoms with Gasteiger partial charge in [-0.05, 0) is 24.3 Å². The van der Waals surface area contributed by atoms with E-state index in [0.29, 0.717) is 22.5 Å². The third-order valence-electron chi connectivity index (χ3n) is 5.86. The number of piperazine rings is 1. The largest absolute Gasteiger partial charge is 0.353 e. The molecule has 1 aromatic carbocycles. The predicted octanol–water partition coefficient (Wildman–Crippen LogP) is 2.38. The minimum Gasteiger partial charge on any atom is -0.353 e. The van der Waals surface area contributed by atoms with Crippen LogP contribution >= 0.6 is 0 Å². The quantitative estimate of drug-likeness (QED) is 0.475. The van der Waals surface area contributed by atoms with Crippen LogP contribution in [0.1, 0.15) is 0 Å². The topological polar surface area (TPSA) is 95.8 Å². The Kier molecular flexibility index (Phi) is 4.31. The Balaban J connectivity index is 1.42. The van der Waals surface area contributed by atoms with Gasteiger partial charge in [-0.2, -0.15) is 10.1 Å². The number of aromatic nitrogens is 6. The Morgan fingerprint density at radius 1 is 0.812 bits per heavy atom. The van der Waals surface area contributed by atoms with Crippen LogP contribution in [0.3, 0.4) is 0 Å². The third-order valence-corrected chi connectivity index (χ3v) is 5.86. The van der Waals surface area contributed by atoms with Crippen molar-refractivity contribution in [3.63, 3.8) is 0 Å². The summed E-state index contributed by atoms with van der Waals surface area (Å²) < 4.78 is 1.64. The van der Waals surface area contributed by atoms with E-state index in [2.05, 4.69) is 30.0 Å². The first-order chi connectivity index (χ1) is 15.8. The van der Waals surface area contributed by atoms with Crippen LogP contribution in [0.4, 0.5) is 11.8 Å². The number of hydrogen-bond acceptors (Lipinski definition) is 7. The lowest BCUT2D eigenvalue weighted by Gasteiger charge is -2.35. The molecular weight excluding hydrogens is 404 g/mol. The summed E-state index contributed by atoms with van der Waals surface area (Å²) in [5.41, 5.74) is 1.83. The van der Waals surface area contributed by atoms with Gasteiger partial charge in [-0.25, -0.2) is 9.97 Å². The number of fused-ring (bicyclic) bond motifs is 3. The van der Waals surface area contributed by atoms with E-state index in [4.69, 9.17) is 4.98 Å². The summed E-state index contributed by atoms with van der Waals surface area (Å²) in [6.45, 7) is 3.18. The molecule has 1 aliphatic rings. The van der Waals surface area contributed by atoms with Crippen molar-refractivity contribution in [1.29, 1.82) is 0 Å².